The van der Waals surface area contributed by atoms with Gasteiger partial charge in [0.05, 0.1) is 0 Å². The quantitative estimate of drug-likeness (QED) is 0.470. The van der Waals surface area contributed by atoms with Gasteiger partial charge in [0.25, 0.3) is 0 Å². The van der Waals surface area contributed by atoms with Gasteiger partial charge in [-0.3, -0.25) is 4.79 Å². The Morgan fingerprint density at radius 3 is 2.00 bits per heavy atom. The predicted molar refractivity (Wildman–Crippen MR) is 57.6 cm³/mol. The fraction of sp³-hybridized carbons (Fsp3) is 0.750. The molecule has 0 radical (unpaired) electrons. The molecule has 0 bridgehead atoms. The van der Waals surface area contributed by atoms with Gasteiger partial charge in [-0.05, 0) is 29.7 Å². The van der Waals surface area contributed by atoms with Gasteiger partial charge >= 0.3 is 0 Å². The van der Waals surface area contributed by atoms with Gasteiger partial charge in [0, 0.05) is 0 Å². The molecule has 13 heavy (non-hydrogen) atoms. The normalized spacial score (nSPS) is 15.2. The van der Waals surface area contributed by atoms with Crippen LogP contribution in [0, 0.1) is 17.8 Å². The highest BCUT2D eigenvalue weighted by Gasteiger charge is 2.06. The lowest BCUT2D eigenvalue weighted by atomic mass is 9.93. The van der Waals surface area contributed by atoms with Gasteiger partial charge in [-0.25, -0.2) is 0 Å². The average Bonchev–Trinajstić information content (AvgIpc) is 2.02. The first-order valence-corrected chi connectivity index (χ1v) is 5.13. The van der Waals surface area contributed by atoms with Crippen LogP contribution in [0.5, 0.6) is 0 Å². The van der Waals surface area contributed by atoms with Crippen LogP contribution in [0.3, 0.4) is 0 Å². The maximum atomic E-state index is 10.7. The average molecular weight is 182 g/mol. The van der Waals surface area contributed by atoms with E-state index in [0.29, 0.717) is 17.8 Å². The first-order chi connectivity index (χ1) is 5.97. The molecule has 0 N–H and O–H groups in total. The minimum atomic E-state index is 0.499. The zero-order valence-corrected chi connectivity index (χ0v) is 9.50. The Balaban J connectivity index is 4.29. The molecule has 0 spiro atoms. The third-order valence-corrected chi connectivity index (χ3v) is 2.32. The van der Waals surface area contributed by atoms with Crippen LogP contribution < -0.4 is 0 Å². The van der Waals surface area contributed by atoms with Crippen molar-refractivity contribution in [2.24, 2.45) is 17.8 Å². The van der Waals surface area contributed by atoms with Crippen molar-refractivity contribution < 1.29 is 4.79 Å². The lowest BCUT2D eigenvalue weighted by molar-refractivity contribution is -0.105. The molecule has 1 nitrogen and oxygen atoms in total. The molecule has 0 saturated heterocycles. The van der Waals surface area contributed by atoms with Crippen LogP contribution in [0.1, 0.15) is 41.0 Å². The molecule has 0 aromatic carbocycles. The second-order valence-electron chi connectivity index (χ2n) is 4.56. The van der Waals surface area contributed by atoms with Crippen LogP contribution >= 0.6 is 0 Å². The highest BCUT2D eigenvalue weighted by atomic mass is 16.1. The predicted octanol–water partition coefficient (Wildman–Crippen LogP) is 3.45. The van der Waals surface area contributed by atoms with E-state index in [1.165, 1.54) is 0 Å². The van der Waals surface area contributed by atoms with E-state index < -0.39 is 0 Å². The van der Waals surface area contributed by atoms with Gasteiger partial charge in [-0.2, -0.15) is 0 Å². The minimum absolute atomic E-state index is 0.499. The fourth-order valence-corrected chi connectivity index (χ4v) is 1.16. The molecule has 0 heterocycles. The Hall–Kier alpha value is -0.590. The molecular formula is C12H22O. The molecule has 0 saturated carbocycles. The van der Waals surface area contributed by atoms with Gasteiger partial charge in [0.15, 0.2) is 0 Å². The van der Waals surface area contributed by atoms with Crippen molar-refractivity contribution in [3.8, 4) is 0 Å². The molecule has 0 amide bonds. The van der Waals surface area contributed by atoms with E-state index in [9.17, 15) is 4.79 Å². The van der Waals surface area contributed by atoms with Crippen molar-refractivity contribution in [3.05, 3.63) is 11.6 Å². The van der Waals surface area contributed by atoms with Crippen LogP contribution in [0.25, 0.3) is 0 Å². The van der Waals surface area contributed by atoms with Crippen molar-refractivity contribution in [2.75, 3.05) is 0 Å². The molecule has 0 aliphatic carbocycles. The molecule has 1 heteroatoms. The standard InChI is InChI=1S/C12H22O/c1-9(2)6-12(8-13)7-11(5)10(3)4/h7-11H,6H2,1-5H3. The molecule has 0 aromatic heterocycles. The molecule has 1 atom stereocenters. The molecule has 0 fully saturated rings. The lowest BCUT2D eigenvalue weighted by Crippen LogP contribution is -2.03. The molecule has 0 aliphatic heterocycles. The Bertz CT molecular complexity index is 178. The maximum Gasteiger partial charge on any atom is 0.145 e. The first-order valence-electron chi connectivity index (χ1n) is 5.13. The fourth-order valence-electron chi connectivity index (χ4n) is 1.16. The smallest absolute Gasteiger partial charge is 0.145 e. The Labute approximate surface area is 82.2 Å². The van der Waals surface area contributed by atoms with Crippen molar-refractivity contribution in [2.45, 2.75) is 41.0 Å². The van der Waals surface area contributed by atoms with Crippen LogP contribution in [-0.4, -0.2) is 6.29 Å². The molecule has 0 aliphatic rings. The third kappa shape index (κ3) is 5.62. The number of carbonyl (C=O) groups excluding carboxylic acids is 1. The van der Waals surface area contributed by atoms with Crippen LogP contribution in [0.15, 0.2) is 11.6 Å². The van der Waals surface area contributed by atoms with Gasteiger partial charge < -0.3 is 0 Å². The third-order valence-electron chi connectivity index (χ3n) is 2.32. The summed E-state index contributed by atoms with van der Waals surface area (Å²) in [5, 5.41) is 0. The maximum absolute atomic E-state index is 10.7. The zero-order valence-electron chi connectivity index (χ0n) is 9.50. The summed E-state index contributed by atoms with van der Waals surface area (Å²) in [4.78, 5) is 10.7. The van der Waals surface area contributed by atoms with E-state index in [2.05, 4.69) is 40.7 Å². The lowest BCUT2D eigenvalue weighted by Gasteiger charge is -2.12. The Kier molecular flexibility index (Phi) is 5.68. The topological polar surface area (TPSA) is 17.1 Å². The van der Waals surface area contributed by atoms with Crippen LogP contribution in [-0.2, 0) is 4.79 Å². The van der Waals surface area contributed by atoms with Crippen molar-refractivity contribution >= 4 is 6.29 Å². The molecule has 76 valence electrons. The van der Waals surface area contributed by atoms with E-state index in [1.54, 1.807) is 0 Å². The summed E-state index contributed by atoms with van der Waals surface area (Å²) in [6.45, 7) is 10.8. The number of allylic oxidation sites excluding steroid dienone is 2. The van der Waals surface area contributed by atoms with Crippen molar-refractivity contribution in [1.82, 2.24) is 0 Å². The van der Waals surface area contributed by atoms with Gasteiger partial charge in [-0.15, -0.1) is 0 Å². The molecule has 0 aromatic rings. The Morgan fingerprint density at radius 2 is 1.69 bits per heavy atom. The van der Waals surface area contributed by atoms with Crippen molar-refractivity contribution in [1.29, 1.82) is 0 Å². The molecule has 0 rings (SSSR count). The van der Waals surface area contributed by atoms with Crippen LogP contribution in [0.4, 0.5) is 0 Å². The highest BCUT2D eigenvalue weighted by molar-refractivity contribution is 5.73. The number of aldehydes is 1. The van der Waals surface area contributed by atoms with Crippen molar-refractivity contribution in [3.63, 3.8) is 0 Å². The monoisotopic (exact) mass is 182 g/mol. The summed E-state index contributed by atoms with van der Waals surface area (Å²) in [6.07, 6.45) is 4.01. The molecule has 1 unspecified atom stereocenters. The van der Waals surface area contributed by atoms with E-state index in [1.807, 2.05) is 0 Å². The highest BCUT2D eigenvalue weighted by Crippen LogP contribution is 2.16. The number of hydrogen-bond donors (Lipinski definition) is 0. The van der Waals surface area contributed by atoms with E-state index in [4.69, 9.17) is 0 Å². The summed E-state index contributed by atoms with van der Waals surface area (Å²) in [5.41, 5.74) is 0.955. The van der Waals surface area contributed by atoms with Gasteiger partial charge in [0.1, 0.15) is 6.29 Å². The second-order valence-corrected chi connectivity index (χ2v) is 4.56. The summed E-state index contributed by atoms with van der Waals surface area (Å²) in [6, 6.07) is 0. The SMILES string of the molecule is CC(C)CC(C=O)=CC(C)C(C)C. The van der Waals surface area contributed by atoms with Gasteiger partial charge in [-0.1, -0.05) is 40.7 Å². The largest absolute Gasteiger partial charge is 0.298 e. The summed E-state index contributed by atoms with van der Waals surface area (Å²) < 4.78 is 0. The van der Waals surface area contributed by atoms with E-state index in [0.717, 1.165) is 18.3 Å². The van der Waals surface area contributed by atoms with E-state index >= 15 is 0 Å². The Morgan fingerprint density at radius 1 is 1.15 bits per heavy atom. The summed E-state index contributed by atoms with van der Waals surface area (Å²) in [7, 11) is 0. The number of carbonyl (C=O) groups is 1. The molecular weight excluding hydrogens is 160 g/mol. The summed E-state index contributed by atoms with van der Waals surface area (Å²) in [5.74, 6) is 1.68. The second kappa shape index (κ2) is 5.95. The zero-order chi connectivity index (χ0) is 10.4. The number of rotatable bonds is 5. The summed E-state index contributed by atoms with van der Waals surface area (Å²) >= 11 is 0. The van der Waals surface area contributed by atoms with Gasteiger partial charge in [0.2, 0.25) is 0 Å². The first kappa shape index (κ1) is 12.4. The van der Waals surface area contributed by atoms with Crippen LogP contribution in [0.2, 0.25) is 0 Å². The van der Waals surface area contributed by atoms with E-state index in [-0.39, 0.29) is 0 Å². The minimum Gasteiger partial charge on any atom is -0.298 e. The number of hydrogen-bond acceptors (Lipinski definition) is 1.